The van der Waals surface area contributed by atoms with Crippen LogP contribution in [0.25, 0.3) is 6.08 Å². The number of non-ortho nitro benzene ring substituents is 1. The van der Waals surface area contributed by atoms with Gasteiger partial charge in [-0.3, -0.25) is 19.7 Å². The van der Waals surface area contributed by atoms with E-state index in [-0.39, 0.29) is 29.1 Å². The minimum Gasteiger partial charge on any atom is -0.481 e. The zero-order chi connectivity index (χ0) is 20.7. The Bertz CT molecular complexity index is 1030. The van der Waals surface area contributed by atoms with Crippen LogP contribution in [0.3, 0.4) is 0 Å². The smallest absolute Gasteiger partial charge is 0.304 e. The van der Waals surface area contributed by atoms with Crippen molar-refractivity contribution < 1.29 is 28.0 Å². The van der Waals surface area contributed by atoms with Crippen LogP contribution in [0.2, 0.25) is 0 Å². The number of hydrogen-bond acceptors (Lipinski definition) is 6. The van der Waals surface area contributed by atoms with Gasteiger partial charge in [0.05, 0.1) is 16.2 Å². The van der Waals surface area contributed by atoms with Crippen molar-refractivity contribution in [2.75, 3.05) is 6.54 Å². The molecule has 0 aliphatic heterocycles. The molecule has 0 aliphatic rings. The van der Waals surface area contributed by atoms with Crippen LogP contribution in [0.5, 0.6) is 0 Å². The first-order valence-corrected chi connectivity index (χ1v) is 9.46. The predicted molar refractivity (Wildman–Crippen MR) is 100 cm³/mol. The number of hydrogen-bond donors (Lipinski definition) is 2. The van der Waals surface area contributed by atoms with Crippen molar-refractivity contribution in [1.29, 1.82) is 0 Å². The van der Waals surface area contributed by atoms with Gasteiger partial charge >= 0.3 is 5.97 Å². The zero-order valence-electron chi connectivity index (χ0n) is 14.4. The van der Waals surface area contributed by atoms with Gasteiger partial charge in [-0.15, -0.1) is 0 Å². The van der Waals surface area contributed by atoms with E-state index in [0.717, 1.165) is 0 Å². The lowest BCUT2D eigenvalue weighted by atomic mass is 10.1. The molecule has 0 aliphatic carbocycles. The molecule has 0 aromatic heterocycles. The summed E-state index contributed by atoms with van der Waals surface area (Å²) < 4.78 is 26.2. The second kappa shape index (κ2) is 9.02. The van der Waals surface area contributed by atoms with Crippen molar-refractivity contribution in [3.63, 3.8) is 0 Å². The van der Waals surface area contributed by atoms with Crippen LogP contribution < -0.4 is 4.72 Å². The van der Waals surface area contributed by atoms with Gasteiger partial charge in [-0.25, -0.2) is 13.1 Å². The van der Waals surface area contributed by atoms with Gasteiger partial charge in [0.2, 0.25) is 10.0 Å². The van der Waals surface area contributed by atoms with E-state index in [0.29, 0.717) is 5.56 Å². The molecule has 9 nitrogen and oxygen atoms in total. The average Bonchev–Trinajstić information content (AvgIpc) is 2.66. The normalized spacial score (nSPS) is 11.4. The highest BCUT2D eigenvalue weighted by Gasteiger charge is 2.14. The molecular formula is C18H16N2O7S. The lowest BCUT2D eigenvalue weighted by Gasteiger charge is -2.06. The van der Waals surface area contributed by atoms with Gasteiger partial charge in [0.1, 0.15) is 0 Å². The zero-order valence-corrected chi connectivity index (χ0v) is 15.3. The molecular weight excluding hydrogens is 388 g/mol. The van der Waals surface area contributed by atoms with E-state index in [1.807, 2.05) is 0 Å². The number of ketones is 1. The third kappa shape index (κ3) is 5.83. The molecule has 28 heavy (non-hydrogen) atoms. The van der Waals surface area contributed by atoms with Crippen molar-refractivity contribution in [2.45, 2.75) is 11.3 Å². The number of allylic oxidation sites excluding steroid dienone is 1. The molecule has 0 saturated heterocycles. The second-order valence-electron chi connectivity index (χ2n) is 5.62. The number of aliphatic carboxylic acids is 1. The summed E-state index contributed by atoms with van der Waals surface area (Å²) in [4.78, 5) is 32.8. The van der Waals surface area contributed by atoms with Gasteiger partial charge in [0.15, 0.2) is 5.78 Å². The molecule has 0 heterocycles. The molecule has 0 atom stereocenters. The maximum atomic E-state index is 12.2. The van der Waals surface area contributed by atoms with E-state index in [1.54, 1.807) is 6.07 Å². The first kappa shape index (κ1) is 20.9. The van der Waals surface area contributed by atoms with E-state index in [9.17, 15) is 28.1 Å². The Balaban J connectivity index is 2.08. The van der Waals surface area contributed by atoms with Crippen LogP contribution in [0.4, 0.5) is 5.69 Å². The van der Waals surface area contributed by atoms with Crippen LogP contribution in [-0.4, -0.2) is 36.7 Å². The number of benzene rings is 2. The average molecular weight is 404 g/mol. The van der Waals surface area contributed by atoms with E-state index in [2.05, 4.69) is 4.72 Å². The molecule has 2 aromatic carbocycles. The SMILES string of the molecule is O=C(O)CCNS(=O)(=O)c1ccc(C(=O)C=Cc2cccc([N+](=O)[O-])c2)cc1. The Hall–Kier alpha value is -3.37. The number of sulfonamides is 1. The first-order chi connectivity index (χ1) is 13.2. The summed E-state index contributed by atoms with van der Waals surface area (Å²) in [5, 5.41) is 19.3. The van der Waals surface area contributed by atoms with Gasteiger partial charge in [-0.2, -0.15) is 0 Å². The minimum atomic E-state index is -3.87. The molecule has 0 radical (unpaired) electrons. The number of nitro benzene ring substituents is 1. The van der Waals surface area contributed by atoms with Crippen molar-refractivity contribution >= 4 is 33.5 Å². The summed E-state index contributed by atoms with van der Waals surface area (Å²) >= 11 is 0. The Morgan fingerprint density at radius 3 is 2.43 bits per heavy atom. The maximum Gasteiger partial charge on any atom is 0.304 e. The minimum absolute atomic E-state index is 0.0976. The van der Waals surface area contributed by atoms with Crippen molar-refractivity contribution in [2.24, 2.45) is 0 Å². The molecule has 2 aromatic rings. The molecule has 10 heteroatoms. The molecule has 2 rings (SSSR count). The molecule has 0 bridgehead atoms. The van der Waals surface area contributed by atoms with Crippen molar-refractivity contribution in [1.82, 2.24) is 4.72 Å². The summed E-state index contributed by atoms with van der Waals surface area (Å²) in [6.45, 7) is -0.246. The number of carboxylic acid groups (broad SMARTS) is 1. The fraction of sp³-hybridized carbons (Fsp3) is 0.111. The Morgan fingerprint density at radius 2 is 1.82 bits per heavy atom. The largest absolute Gasteiger partial charge is 0.481 e. The van der Waals surface area contributed by atoms with Gasteiger partial charge in [-0.05, 0) is 35.9 Å². The number of carboxylic acids is 1. The summed E-state index contributed by atoms with van der Waals surface area (Å²) in [7, 11) is -3.87. The van der Waals surface area contributed by atoms with Gasteiger partial charge in [0, 0.05) is 24.2 Å². The highest BCUT2D eigenvalue weighted by atomic mass is 32.2. The topological polar surface area (TPSA) is 144 Å². The third-order valence-electron chi connectivity index (χ3n) is 3.59. The summed E-state index contributed by atoms with van der Waals surface area (Å²) in [6, 6.07) is 10.9. The Morgan fingerprint density at radius 1 is 1.14 bits per heavy atom. The van der Waals surface area contributed by atoms with Gasteiger partial charge in [0.25, 0.3) is 5.69 Å². The maximum absolute atomic E-state index is 12.2. The summed E-state index contributed by atoms with van der Waals surface area (Å²) in [6.07, 6.45) is 2.30. The number of rotatable bonds is 9. The van der Waals surface area contributed by atoms with E-state index < -0.39 is 26.7 Å². The van der Waals surface area contributed by atoms with Crippen LogP contribution in [0.1, 0.15) is 22.3 Å². The number of carbonyl (C=O) groups excluding carboxylic acids is 1. The summed E-state index contributed by atoms with van der Waals surface area (Å²) in [5.41, 5.74) is 0.607. The standard InChI is InChI=1S/C18H16N2O7S/c21-17(9-4-13-2-1-3-15(12-13)20(24)25)14-5-7-16(8-6-14)28(26,27)19-11-10-18(22)23/h1-9,12,19H,10-11H2,(H,22,23). The van der Waals surface area contributed by atoms with Crippen LogP contribution in [0, 0.1) is 10.1 Å². The summed E-state index contributed by atoms with van der Waals surface area (Å²) in [5.74, 6) is -1.53. The van der Waals surface area contributed by atoms with Gasteiger partial charge < -0.3 is 5.11 Å². The number of nitrogens with one attached hydrogen (secondary N) is 1. The Kier molecular flexibility index (Phi) is 6.74. The van der Waals surface area contributed by atoms with Gasteiger partial charge in [-0.1, -0.05) is 18.2 Å². The molecule has 0 unspecified atom stereocenters. The van der Waals surface area contributed by atoms with E-state index in [1.165, 1.54) is 54.6 Å². The molecule has 146 valence electrons. The second-order valence-corrected chi connectivity index (χ2v) is 7.38. The van der Waals surface area contributed by atoms with Crippen molar-refractivity contribution in [3.8, 4) is 0 Å². The fourth-order valence-corrected chi connectivity index (χ4v) is 3.22. The lowest BCUT2D eigenvalue weighted by Crippen LogP contribution is -2.26. The molecule has 0 spiro atoms. The quantitative estimate of drug-likeness (QED) is 0.282. The number of nitrogens with zero attached hydrogens (tertiary/aromatic N) is 1. The van der Waals surface area contributed by atoms with Crippen LogP contribution >= 0.6 is 0 Å². The first-order valence-electron chi connectivity index (χ1n) is 7.97. The van der Waals surface area contributed by atoms with E-state index in [4.69, 9.17) is 5.11 Å². The molecule has 0 saturated carbocycles. The molecule has 0 fully saturated rings. The van der Waals surface area contributed by atoms with Crippen LogP contribution in [-0.2, 0) is 14.8 Å². The van der Waals surface area contributed by atoms with E-state index >= 15 is 0 Å². The Labute approximate surface area is 160 Å². The van der Waals surface area contributed by atoms with Crippen LogP contribution in [0.15, 0.2) is 59.5 Å². The number of nitro groups is 1. The third-order valence-corrected chi connectivity index (χ3v) is 5.07. The highest BCUT2D eigenvalue weighted by Crippen LogP contribution is 2.15. The number of carbonyl (C=O) groups is 2. The fourth-order valence-electron chi connectivity index (χ4n) is 2.18. The van der Waals surface area contributed by atoms with Crippen molar-refractivity contribution in [3.05, 3.63) is 75.8 Å². The molecule has 0 amide bonds. The monoisotopic (exact) mass is 404 g/mol. The highest BCUT2D eigenvalue weighted by molar-refractivity contribution is 7.89. The lowest BCUT2D eigenvalue weighted by molar-refractivity contribution is -0.384. The predicted octanol–water partition coefficient (Wildman–Crippen LogP) is 2.24. The molecule has 2 N–H and O–H groups in total.